The van der Waals surface area contributed by atoms with Crippen LogP contribution in [0.5, 0.6) is 11.5 Å². The zero-order valence-electron chi connectivity index (χ0n) is 16.2. The van der Waals surface area contributed by atoms with Crippen molar-refractivity contribution in [3.63, 3.8) is 0 Å². The fourth-order valence-electron chi connectivity index (χ4n) is 3.80. The highest BCUT2D eigenvalue weighted by Gasteiger charge is 2.20. The van der Waals surface area contributed by atoms with E-state index in [0.717, 1.165) is 43.2 Å². The molecule has 4 rings (SSSR count). The smallest absolute Gasteiger partial charge is 0.161 e. The van der Waals surface area contributed by atoms with E-state index in [4.69, 9.17) is 14.7 Å². The summed E-state index contributed by atoms with van der Waals surface area (Å²) in [6, 6.07) is 18.3. The Morgan fingerprint density at radius 3 is 2.39 bits per heavy atom. The molecule has 0 saturated carbocycles. The van der Waals surface area contributed by atoms with Gasteiger partial charge in [-0.1, -0.05) is 0 Å². The molecule has 0 unspecified atom stereocenters. The third-order valence-electron chi connectivity index (χ3n) is 5.29. The van der Waals surface area contributed by atoms with E-state index in [1.54, 1.807) is 14.2 Å². The van der Waals surface area contributed by atoms with Crippen LogP contribution in [0, 0.1) is 11.3 Å². The first-order valence-corrected chi connectivity index (χ1v) is 9.34. The van der Waals surface area contributed by atoms with E-state index in [0.29, 0.717) is 5.56 Å². The third kappa shape index (κ3) is 3.47. The normalized spacial score (nSPS) is 13.6. The highest BCUT2D eigenvalue weighted by molar-refractivity contribution is 5.48. The van der Waals surface area contributed by atoms with Crippen LogP contribution in [-0.4, -0.2) is 30.2 Å². The molecule has 0 saturated heterocycles. The molecule has 0 amide bonds. The molecule has 142 valence electrons. The van der Waals surface area contributed by atoms with Crippen molar-refractivity contribution in [1.82, 2.24) is 9.47 Å². The second kappa shape index (κ2) is 7.79. The fourth-order valence-corrected chi connectivity index (χ4v) is 3.80. The molecule has 2 heterocycles. The zero-order chi connectivity index (χ0) is 19.5. The number of aromatic nitrogens is 1. The highest BCUT2D eigenvalue weighted by atomic mass is 16.5. The molecular formula is C23H23N3O2. The average molecular weight is 373 g/mol. The molecule has 5 heteroatoms. The van der Waals surface area contributed by atoms with Gasteiger partial charge in [-0.15, -0.1) is 0 Å². The van der Waals surface area contributed by atoms with Gasteiger partial charge in [0.15, 0.2) is 11.5 Å². The standard InChI is InChI=1S/C23H23N3O2/c1-27-22-12-18-9-11-25(15-19(18)13-23(22)28-2)16-21-4-3-10-26(21)20-7-5-17(14-24)6-8-20/h3-8,10,12-13H,9,11,15-16H2,1-2H3. The molecule has 0 bridgehead atoms. The van der Waals surface area contributed by atoms with Crippen molar-refractivity contribution in [3.8, 4) is 23.3 Å². The maximum atomic E-state index is 9.00. The van der Waals surface area contributed by atoms with E-state index in [-0.39, 0.29) is 0 Å². The predicted molar refractivity (Wildman–Crippen MR) is 108 cm³/mol. The van der Waals surface area contributed by atoms with E-state index >= 15 is 0 Å². The summed E-state index contributed by atoms with van der Waals surface area (Å²) in [6.45, 7) is 2.75. The minimum absolute atomic E-state index is 0.675. The predicted octanol–water partition coefficient (Wildman–Crippen LogP) is 3.92. The quantitative estimate of drug-likeness (QED) is 0.680. The second-order valence-corrected chi connectivity index (χ2v) is 6.96. The molecule has 1 aliphatic heterocycles. The summed E-state index contributed by atoms with van der Waals surface area (Å²) >= 11 is 0. The Bertz CT molecular complexity index is 1020. The Kier molecular flexibility index (Phi) is 5.05. The van der Waals surface area contributed by atoms with Gasteiger partial charge in [-0.2, -0.15) is 5.26 Å². The van der Waals surface area contributed by atoms with Crippen LogP contribution in [0.2, 0.25) is 0 Å². The summed E-state index contributed by atoms with van der Waals surface area (Å²) in [7, 11) is 3.35. The molecule has 0 atom stereocenters. The number of ether oxygens (including phenoxy) is 2. The largest absolute Gasteiger partial charge is 0.493 e. The molecule has 5 nitrogen and oxygen atoms in total. The van der Waals surface area contributed by atoms with Crippen molar-refractivity contribution in [2.45, 2.75) is 19.5 Å². The van der Waals surface area contributed by atoms with Crippen molar-refractivity contribution in [3.05, 3.63) is 77.1 Å². The van der Waals surface area contributed by atoms with Crippen molar-refractivity contribution < 1.29 is 9.47 Å². The first-order chi connectivity index (χ1) is 13.7. The topological polar surface area (TPSA) is 50.4 Å². The van der Waals surface area contributed by atoms with Crippen LogP contribution in [-0.2, 0) is 19.5 Å². The number of nitriles is 1. The monoisotopic (exact) mass is 373 g/mol. The lowest BCUT2D eigenvalue weighted by Crippen LogP contribution is -2.30. The lowest BCUT2D eigenvalue weighted by atomic mass is 9.98. The Labute approximate surface area is 165 Å². The van der Waals surface area contributed by atoms with Gasteiger partial charge in [-0.25, -0.2) is 0 Å². The maximum absolute atomic E-state index is 9.00. The summed E-state index contributed by atoms with van der Waals surface area (Å²) in [4.78, 5) is 2.45. The molecular weight excluding hydrogens is 350 g/mol. The number of hydrogen-bond acceptors (Lipinski definition) is 4. The van der Waals surface area contributed by atoms with E-state index in [1.165, 1.54) is 16.8 Å². The van der Waals surface area contributed by atoms with Crippen LogP contribution in [0.25, 0.3) is 5.69 Å². The Morgan fingerprint density at radius 2 is 1.71 bits per heavy atom. The Morgan fingerprint density at radius 1 is 1.00 bits per heavy atom. The van der Waals surface area contributed by atoms with Gasteiger partial charge < -0.3 is 14.0 Å². The van der Waals surface area contributed by atoms with Crippen LogP contribution in [0.4, 0.5) is 0 Å². The SMILES string of the molecule is COc1cc2c(cc1OC)CN(Cc1cccn1-c1ccc(C#N)cc1)CC2. The van der Waals surface area contributed by atoms with E-state index in [9.17, 15) is 0 Å². The number of rotatable bonds is 5. The van der Waals surface area contributed by atoms with Crippen LogP contribution in [0.3, 0.4) is 0 Å². The van der Waals surface area contributed by atoms with Crippen molar-refractivity contribution in [2.24, 2.45) is 0 Å². The minimum Gasteiger partial charge on any atom is -0.493 e. The summed E-state index contributed by atoms with van der Waals surface area (Å²) in [5.41, 5.74) is 5.60. The van der Waals surface area contributed by atoms with Gasteiger partial charge in [0.1, 0.15) is 0 Å². The number of fused-ring (bicyclic) bond motifs is 1. The fraction of sp³-hybridized carbons (Fsp3) is 0.261. The summed E-state index contributed by atoms with van der Waals surface area (Å²) in [5, 5.41) is 9.00. The Balaban J connectivity index is 1.54. The molecule has 0 N–H and O–H groups in total. The lowest BCUT2D eigenvalue weighted by Gasteiger charge is -2.29. The maximum Gasteiger partial charge on any atom is 0.161 e. The van der Waals surface area contributed by atoms with Crippen molar-refractivity contribution in [2.75, 3.05) is 20.8 Å². The van der Waals surface area contributed by atoms with Gasteiger partial charge in [0.05, 0.1) is 25.9 Å². The van der Waals surface area contributed by atoms with Gasteiger partial charge in [-0.05, 0) is 66.1 Å². The van der Waals surface area contributed by atoms with E-state index in [2.05, 4.69) is 46.0 Å². The molecule has 0 fully saturated rings. The van der Waals surface area contributed by atoms with Gasteiger partial charge in [0.2, 0.25) is 0 Å². The summed E-state index contributed by atoms with van der Waals surface area (Å²) in [5.74, 6) is 1.58. The van der Waals surface area contributed by atoms with Gasteiger partial charge in [0.25, 0.3) is 0 Å². The van der Waals surface area contributed by atoms with Gasteiger partial charge >= 0.3 is 0 Å². The first kappa shape index (κ1) is 18.1. The van der Waals surface area contributed by atoms with E-state index in [1.807, 2.05) is 24.3 Å². The van der Waals surface area contributed by atoms with Crippen LogP contribution < -0.4 is 9.47 Å². The summed E-state index contributed by atoms with van der Waals surface area (Å²) < 4.78 is 13.1. The number of benzene rings is 2. The molecule has 1 aromatic heterocycles. The molecule has 0 radical (unpaired) electrons. The number of hydrogen-bond donors (Lipinski definition) is 0. The zero-order valence-corrected chi connectivity index (χ0v) is 16.2. The first-order valence-electron chi connectivity index (χ1n) is 9.34. The van der Waals surface area contributed by atoms with Crippen LogP contribution >= 0.6 is 0 Å². The molecule has 0 aliphatic carbocycles. The van der Waals surface area contributed by atoms with Crippen LogP contribution in [0.15, 0.2) is 54.7 Å². The minimum atomic E-state index is 0.675. The molecule has 0 spiro atoms. The Hall–Kier alpha value is -3.23. The average Bonchev–Trinajstić information content (AvgIpc) is 3.20. The lowest BCUT2D eigenvalue weighted by molar-refractivity contribution is 0.240. The molecule has 3 aromatic rings. The molecule has 1 aliphatic rings. The van der Waals surface area contributed by atoms with E-state index < -0.39 is 0 Å². The third-order valence-corrected chi connectivity index (χ3v) is 5.29. The highest BCUT2D eigenvalue weighted by Crippen LogP contribution is 2.33. The van der Waals surface area contributed by atoms with Gasteiger partial charge in [-0.3, -0.25) is 4.90 Å². The molecule has 2 aromatic carbocycles. The van der Waals surface area contributed by atoms with Crippen LogP contribution in [0.1, 0.15) is 22.4 Å². The number of nitrogens with zero attached hydrogens (tertiary/aromatic N) is 3. The molecule has 28 heavy (non-hydrogen) atoms. The summed E-state index contributed by atoms with van der Waals surface area (Å²) in [6.07, 6.45) is 3.07. The van der Waals surface area contributed by atoms with Crippen molar-refractivity contribution >= 4 is 0 Å². The number of methoxy groups -OCH3 is 2. The second-order valence-electron chi connectivity index (χ2n) is 6.96. The van der Waals surface area contributed by atoms with Crippen molar-refractivity contribution in [1.29, 1.82) is 5.26 Å². The van der Waals surface area contributed by atoms with Gasteiger partial charge in [0, 0.05) is 37.2 Å².